The highest BCUT2D eigenvalue weighted by Crippen LogP contribution is 2.44. The maximum absolute atomic E-state index is 14.2. The van der Waals surface area contributed by atoms with Crippen molar-refractivity contribution >= 4 is 17.7 Å². The predicted molar refractivity (Wildman–Crippen MR) is 98.8 cm³/mol. The topological polar surface area (TPSA) is 92.3 Å². The number of carbonyl (C=O) groups excluding carboxylic acids is 1. The Bertz CT molecular complexity index is 1000. The zero-order valence-corrected chi connectivity index (χ0v) is 16.1. The van der Waals surface area contributed by atoms with Gasteiger partial charge in [-0.2, -0.15) is 13.2 Å². The molecule has 4 rings (SSSR count). The first-order valence-electron chi connectivity index (χ1n) is 9.29. The van der Waals surface area contributed by atoms with E-state index in [-0.39, 0.29) is 28.6 Å². The van der Waals surface area contributed by atoms with E-state index in [9.17, 15) is 26.7 Å². The van der Waals surface area contributed by atoms with Crippen molar-refractivity contribution in [2.24, 2.45) is 0 Å². The second-order valence-electron chi connectivity index (χ2n) is 7.19. The van der Waals surface area contributed by atoms with Crippen LogP contribution < -0.4 is 15.5 Å². The quantitative estimate of drug-likeness (QED) is 0.703. The molecule has 13 heteroatoms. The smallest absolute Gasteiger partial charge is 0.416 e. The van der Waals surface area contributed by atoms with Gasteiger partial charge in [-0.3, -0.25) is 5.32 Å². The van der Waals surface area contributed by atoms with Gasteiger partial charge in [0.15, 0.2) is 6.10 Å². The van der Waals surface area contributed by atoms with Gasteiger partial charge in [0.05, 0.1) is 16.8 Å². The number of amides is 1. The summed E-state index contributed by atoms with van der Waals surface area (Å²) in [5.41, 5.74) is -1.90. The normalized spacial score (nSPS) is 19.5. The number of ether oxygens (including phenoxy) is 1. The monoisotopic (exact) mass is 444 g/mol. The molecular weight excluding hydrogens is 427 g/mol. The van der Waals surface area contributed by atoms with Gasteiger partial charge in [0.25, 0.3) is 5.92 Å². The Morgan fingerprint density at radius 3 is 2.48 bits per heavy atom. The molecule has 0 saturated carbocycles. The van der Waals surface area contributed by atoms with E-state index < -0.39 is 29.9 Å². The fourth-order valence-electron chi connectivity index (χ4n) is 3.45. The molecule has 0 bridgehead atoms. The molecule has 2 N–H and O–H groups in total. The molecule has 1 amide bonds. The van der Waals surface area contributed by atoms with Gasteiger partial charge < -0.3 is 15.0 Å². The number of hydrogen-bond acceptors (Lipinski definition) is 7. The average molecular weight is 444 g/mol. The summed E-state index contributed by atoms with van der Waals surface area (Å²) < 4.78 is 74.0. The number of nitrogens with zero attached hydrogens (tertiary/aromatic N) is 4. The van der Waals surface area contributed by atoms with Crippen LogP contribution in [-0.4, -0.2) is 53.1 Å². The maximum atomic E-state index is 14.2. The van der Waals surface area contributed by atoms with Crippen molar-refractivity contribution in [3.63, 3.8) is 0 Å². The molecular formula is C18H17F5N6O2. The Balaban J connectivity index is 1.90. The summed E-state index contributed by atoms with van der Waals surface area (Å²) in [6.07, 6.45) is -6.99. The van der Waals surface area contributed by atoms with Gasteiger partial charge in [0.2, 0.25) is 0 Å². The third-order valence-corrected chi connectivity index (χ3v) is 4.87. The van der Waals surface area contributed by atoms with Gasteiger partial charge >= 0.3 is 12.3 Å². The Morgan fingerprint density at radius 1 is 1.13 bits per heavy atom. The van der Waals surface area contributed by atoms with Gasteiger partial charge in [0, 0.05) is 33.1 Å². The predicted octanol–water partition coefficient (Wildman–Crippen LogP) is 3.23. The summed E-state index contributed by atoms with van der Waals surface area (Å²) in [5, 5.41) is 5.27. The van der Waals surface area contributed by atoms with E-state index in [0.717, 1.165) is 18.5 Å². The summed E-state index contributed by atoms with van der Waals surface area (Å²) in [6, 6.07) is 1.64. The second-order valence-corrected chi connectivity index (χ2v) is 7.19. The number of pyridine rings is 1. The molecule has 2 aromatic heterocycles. The zero-order valence-electron chi connectivity index (χ0n) is 16.1. The van der Waals surface area contributed by atoms with Crippen LogP contribution in [0.1, 0.15) is 24.2 Å². The fraction of sp³-hybridized carbons (Fsp3) is 0.444. The molecule has 1 atom stereocenters. The van der Waals surface area contributed by atoms with Crippen molar-refractivity contribution in [3.8, 4) is 11.4 Å². The number of cyclic esters (lactones) is 1. The van der Waals surface area contributed by atoms with Crippen molar-refractivity contribution in [3.05, 3.63) is 29.6 Å². The van der Waals surface area contributed by atoms with E-state index in [1.165, 1.54) is 0 Å². The van der Waals surface area contributed by atoms with Crippen molar-refractivity contribution in [2.75, 3.05) is 36.4 Å². The lowest BCUT2D eigenvalue weighted by atomic mass is 9.99. The SMILES string of the molecule is CC(F)(F)C1OC(=O)Nc2ncnc(-c3cc(C(F)(F)F)cc(N4CCNCC4)n3)c21. The van der Waals surface area contributed by atoms with Gasteiger partial charge in [-0.25, -0.2) is 28.5 Å². The number of piperazine rings is 1. The first kappa shape index (κ1) is 21.2. The highest BCUT2D eigenvalue weighted by molar-refractivity contribution is 5.88. The molecule has 0 aromatic carbocycles. The third-order valence-electron chi connectivity index (χ3n) is 4.87. The first-order chi connectivity index (χ1) is 14.5. The molecule has 0 spiro atoms. The van der Waals surface area contributed by atoms with Crippen LogP contribution in [0.15, 0.2) is 18.5 Å². The lowest BCUT2D eigenvalue weighted by molar-refractivity contribution is -0.137. The van der Waals surface area contributed by atoms with Crippen LogP contribution >= 0.6 is 0 Å². The number of anilines is 2. The largest absolute Gasteiger partial charge is 0.434 e. The van der Waals surface area contributed by atoms with Crippen molar-refractivity contribution in [2.45, 2.75) is 25.1 Å². The number of carbonyl (C=O) groups is 1. The van der Waals surface area contributed by atoms with Crippen LogP contribution in [-0.2, 0) is 10.9 Å². The summed E-state index contributed by atoms with van der Waals surface area (Å²) in [6.45, 7) is 2.48. The lowest BCUT2D eigenvalue weighted by Crippen LogP contribution is -2.44. The van der Waals surface area contributed by atoms with Crippen molar-refractivity contribution in [1.29, 1.82) is 0 Å². The first-order valence-corrected chi connectivity index (χ1v) is 9.29. The van der Waals surface area contributed by atoms with E-state index in [1.54, 1.807) is 4.90 Å². The molecule has 1 fully saturated rings. The zero-order chi connectivity index (χ0) is 22.4. The molecule has 166 valence electrons. The minimum atomic E-state index is -4.70. The van der Waals surface area contributed by atoms with E-state index in [1.807, 2.05) is 0 Å². The Labute approximate surface area is 172 Å². The fourth-order valence-corrected chi connectivity index (χ4v) is 3.45. The van der Waals surface area contributed by atoms with Gasteiger partial charge in [-0.1, -0.05) is 0 Å². The van der Waals surface area contributed by atoms with Gasteiger partial charge in [-0.15, -0.1) is 0 Å². The molecule has 31 heavy (non-hydrogen) atoms. The highest BCUT2D eigenvalue weighted by Gasteiger charge is 2.46. The summed E-state index contributed by atoms with van der Waals surface area (Å²) in [7, 11) is 0. The van der Waals surface area contributed by atoms with Gasteiger partial charge in [-0.05, 0) is 12.1 Å². The summed E-state index contributed by atoms with van der Waals surface area (Å²) in [4.78, 5) is 25.3. The van der Waals surface area contributed by atoms with E-state index >= 15 is 0 Å². The molecule has 0 aliphatic carbocycles. The number of aromatic nitrogens is 3. The lowest BCUT2D eigenvalue weighted by Gasteiger charge is -2.31. The number of rotatable bonds is 3. The summed E-state index contributed by atoms with van der Waals surface area (Å²) >= 11 is 0. The number of hydrogen-bond donors (Lipinski definition) is 2. The van der Waals surface area contributed by atoms with Crippen molar-refractivity contribution in [1.82, 2.24) is 20.3 Å². The third kappa shape index (κ3) is 4.22. The molecule has 1 unspecified atom stereocenters. The molecule has 1 saturated heterocycles. The van der Waals surface area contributed by atoms with Crippen LogP contribution in [0.25, 0.3) is 11.4 Å². The Morgan fingerprint density at radius 2 is 1.84 bits per heavy atom. The summed E-state index contributed by atoms with van der Waals surface area (Å²) in [5.74, 6) is -3.77. The number of nitrogens with one attached hydrogen (secondary N) is 2. The van der Waals surface area contributed by atoms with Crippen LogP contribution in [0.4, 0.5) is 38.4 Å². The van der Waals surface area contributed by atoms with Crippen LogP contribution in [0, 0.1) is 0 Å². The molecule has 2 aromatic rings. The molecule has 2 aliphatic heterocycles. The number of fused-ring (bicyclic) bond motifs is 1. The van der Waals surface area contributed by atoms with E-state index in [4.69, 9.17) is 4.74 Å². The Hall–Kier alpha value is -3.09. The van der Waals surface area contributed by atoms with Crippen LogP contribution in [0.5, 0.6) is 0 Å². The molecule has 0 radical (unpaired) electrons. The minimum absolute atomic E-state index is 0.0410. The average Bonchev–Trinajstić information content (AvgIpc) is 2.71. The minimum Gasteiger partial charge on any atom is -0.434 e. The number of alkyl halides is 5. The van der Waals surface area contributed by atoms with Crippen LogP contribution in [0.3, 0.4) is 0 Å². The molecule has 2 aliphatic rings. The van der Waals surface area contributed by atoms with Crippen LogP contribution in [0.2, 0.25) is 0 Å². The van der Waals surface area contributed by atoms with E-state index in [2.05, 4.69) is 25.6 Å². The maximum Gasteiger partial charge on any atom is 0.416 e. The Kier molecular flexibility index (Phi) is 5.15. The highest BCUT2D eigenvalue weighted by atomic mass is 19.4. The number of halogens is 5. The van der Waals surface area contributed by atoms with Crippen molar-refractivity contribution < 1.29 is 31.5 Å². The van der Waals surface area contributed by atoms with Gasteiger partial charge in [0.1, 0.15) is 23.7 Å². The van der Waals surface area contributed by atoms with E-state index in [0.29, 0.717) is 33.1 Å². The standard InChI is InChI=1S/C18H17F5N6O2/c1-17(19,20)14-12-13(25-8-26-15(12)28-16(30)31-14)10-6-9(18(21,22)23)7-11(27-10)29-4-2-24-3-5-29/h6-8,14,24H,2-5H2,1H3,(H,25,26,28,30). The molecule has 8 nitrogen and oxygen atoms in total. The second kappa shape index (κ2) is 7.55. The molecule has 4 heterocycles.